The van der Waals surface area contributed by atoms with Crippen molar-refractivity contribution in [1.29, 1.82) is 0 Å². The van der Waals surface area contributed by atoms with Gasteiger partial charge in [0.25, 0.3) is 5.91 Å². The Hall–Kier alpha value is -2.58. The molecule has 0 radical (unpaired) electrons. The van der Waals surface area contributed by atoms with E-state index in [1.807, 2.05) is 41.5 Å². The molecular weight excluding hydrogens is 454 g/mol. The molecule has 1 saturated heterocycles. The molecule has 1 atom stereocenters. The van der Waals surface area contributed by atoms with E-state index in [0.29, 0.717) is 31.2 Å². The van der Waals surface area contributed by atoms with Crippen LogP contribution in [0.3, 0.4) is 0 Å². The summed E-state index contributed by atoms with van der Waals surface area (Å²) in [5, 5.41) is 4.06. The van der Waals surface area contributed by atoms with Crippen LogP contribution in [0.4, 0.5) is 0 Å². The third-order valence-corrected chi connectivity index (χ3v) is 7.67. The maximum Gasteiger partial charge on any atom is 0.258 e. The number of ether oxygens (including phenoxy) is 1. The van der Waals surface area contributed by atoms with Gasteiger partial charge >= 0.3 is 0 Å². The number of aromatic nitrogens is 1. The van der Waals surface area contributed by atoms with Gasteiger partial charge in [0.1, 0.15) is 11.8 Å². The molecule has 2 aromatic carbocycles. The number of thioether (sulfide) groups is 1. The van der Waals surface area contributed by atoms with Crippen LogP contribution in [0.25, 0.3) is 10.2 Å². The highest BCUT2D eigenvalue weighted by Gasteiger charge is 2.30. The van der Waals surface area contributed by atoms with Gasteiger partial charge in [-0.15, -0.1) is 11.3 Å². The Kier molecular flexibility index (Phi) is 8.23. The van der Waals surface area contributed by atoms with Gasteiger partial charge in [0.15, 0.2) is 6.61 Å². The Bertz CT molecular complexity index is 1030. The second-order valence-corrected chi connectivity index (χ2v) is 10.2. The van der Waals surface area contributed by atoms with E-state index in [-0.39, 0.29) is 18.4 Å². The molecule has 0 spiro atoms. The summed E-state index contributed by atoms with van der Waals surface area (Å²) in [7, 11) is 0. The zero-order chi connectivity index (χ0) is 23.0. The van der Waals surface area contributed by atoms with E-state index < -0.39 is 6.04 Å². The largest absolute Gasteiger partial charge is 0.484 e. The fraction of sp³-hybridized carbons (Fsp3) is 0.400. The first-order valence-electron chi connectivity index (χ1n) is 11.2. The minimum absolute atomic E-state index is 0.000129. The van der Waals surface area contributed by atoms with Crippen molar-refractivity contribution >= 4 is 45.1 Å². The molecule has 1 fully saturated rings. The van der Waals surface area contributed by atoms with Crippen LogP contribution in [0.5, 0.6) is 5.75 Å². The van der Waals surface area contributed by atoms with Crippen LogP contribution >= 0.6 is 23.1 Å². The van der Waals surface area contributed by atoms with Crippen molar-refractivity contribution in [2.45, 2.75) is 31.2 Å². The quantitative estimate of drug-likeness (QED) is 0.491. The maximum atomic E-state index is 13.2. The van der Waals surface area contributed by atoms with E-state index in [1.54, 1.807) is 35.2 Å². The van der Waals surface area contributed by atoms with E-state index in [4.69, 9.17) is 9.72 Å². The second-order valence-electron chi connectivity index (χ2n) is 8.12. The van der Waals surface area contributed by atoms with Crippen molar-refractivity contribution in [3.63, 3.8) is 0 Å². The molecule has 174 valence electrons. The lowest BCUT2D eigenvalue weighted by molar-refractivity contribution is -0.137. The Morgan fingerprint density at radius 3 is 2.61 bits per heavy atom. The molecule has 2 amide bonds. The molecule has 1 aliphatic rings. The molecule has 0 saturated carbocycles. The lowest BCUT2D eigenvalue weighted by Gasteiger charge is -2.33. The normalized spacial score (nSPS) is 15.4. The summed E-state index contributed by atoms with van der Waals surface area (Å²) in [5.74, 6) is 1.54. The number of carbonyl (C=O) groups excluding carboxylic acids is 2. The van der Waals surface area contributed by atoms with Crippen LogP contribution in [-0.4, -0.2) is 59.4 Å². The number of rotatable bonds is 9. The van der Waals surface area contributed by atoms with E-state index in [1.165, 1.54) is 4.70 Å². The summed E-state index contributed by atoms with van der Waals surface area (Å²) < 4.78 is 6.75. The number of hydrogen-bond donors (Lipinski definition) is 1. The van der Waals surface area contributed by atoms with Crippen LogP contribution < -0.4 is 10.1 Å². The average molecular weight is 484 g/mol. The van der Waals surface area contributed by atoms with Gasteiger partial charge in [-0.2, -0.15) is 11.8 Å². The van der Waals surface area contributed by atoms with E-state index in [0.717, 1.165) is 29.1 Å². The van der Waals surface area contributed by atoms with Crippen molar-refractivity contribution in [2.24, 2.45) is 0 Å². The molecule has 8 heteroatoms. The van der Waals surface area contributed by atoms with Gasteiger partial charge in [0.2, 0.25) is 5.91 Å². The van der Waals surface area contributed by atoms with Gasteiger partial charge in [-0.05, 0) is 55.5 Å². The molecule has 1 aromatic heterocycles. The first-order chi connectivity index (χ1) is 16.1. The smallest absolute Gasteiger partial charge is 0.258 e. The number of carbonyl (C=O) groups is 2. The molecule has 0 bridgehead atoms. The van der Waals surface area contributed by atoms with Crippen molar-refractivity contribution < 1.29 is 14.3 Å². The molecule has 33 heavy (non-hydrogen) atoms. The van der Waals surface area contributed by atoms with Crippen LogP contribution in [-0.2, 0) is 9.59 Å². The first kappa shape index (κ1) is 23.6. The Labute approximate surface area is 202 Å². The van der Waals surface area contributed by atoms with Crippen LogP contribution in [0, 0.1) is 0 Å². The number of nitrogens with one attached hydrogen (secondary N) is 1. The predicted molar refractivity (Wildman–Crippen MR) is 135 cm³/mol. The van der Waals surface area contributed by atoms with Gasteiger partial charge in [0.05, 0.1) is 15.2 Å². The monoisotopic (exact) mass is 483 g/mol. The van der Waals surface area contributed by atoms with Gasteiger partial charge < -0.3 is 15.0 Å². The predicted octanol–water partition coefficient (Wildman–Crippen LogP) is 4.32. The molecule has 0 aliphatic carbocycles. The zero-order valence-corrected chi connectivity index (χ0v) is 20.4. The summed E-state index contributed by atoms with van der Waals surface area (Å²) >= 11 is 3.43. The summed E-state index contributed by atoms with van der Waals surface area (Å²) in [5.41, 5.74) is 1.05. The van der Waals surface area contributed by atoms with Gasteiger partial charge in [-0.25, -0.2) is 4.98 Å². The summed E-state index contributed by atoms with van der Waals surface area (Å²) in [6.07, 6.45) is 4.40. The lowest BCUT2D eigenvalue weighted by atomic mass is 9.97. The van der Waals surface area contributed by atoms with Gasteiger partial charge in [-0.3, -0.25) is 9.59 Å². The highest BCUT2D eigenvalue weighted by atomic mass is 32.2. The number of likely N-dealkylation sites (tertiary alicyclic amines) is 1. The molecule has 3 aromatic rings. The molecule has 1 aliphatic heterocycles. The number of thiazole rings is 1. The molecule has 1 N–H and O–H groups in total. The number of piperidine rings is 1. The van der Waals surface area contributed by atoms with Crippen molar-refractivity contribution in [1.82, 2.24) is 15.2 Å². The molecule has 6 nitrogen and oxygen atoms in total. The number of amides is 2. The maximum absolute atomic E-state index is 13.2. The van der Waals surface area contributed by atoms with E-state index >= 15 is 0 Å². The van der Waals surface area contributed by atoms with E-state index in [9.17, 15) is 9.59 Å². The minimum Gasteiger partial charge on any atom is -0.484 e. The summed E-state index contributed by atoms with van der Waals surface area (Å²) in [4.78, 5) is 32.4. The molecule has 2 heterocycles. The fourth-order valence-corrected chi connectivity index (χ4v) is 5.63. The SMILES string of the molecule is CSCCC(NC(=O)COc1ccccc1)C(=O)N1CCC(c2nc3ccccc3s2)CC1. The first-order valence-corrected chi connectivity index (χ1v) is 13.5. The summed E-state index contributed by atoms with van der Waals surface area (Å²) in [6.45, 7) is 1.27. The number of fused-ring (bicyclic) bond motifs is 1. The lowest BCUT2D eigenvalue weighted by Crippen LogP contribution is -2.51. The van der Waals surface area contributed by atoms with Gasteiger partial charge in [-0.1, -0.05) is 30.3 Å². The van der Waals surface area contributed by atoms with Crippen LogP contribution in [0.2, 0.25) is 0 Å². The third kappa shape index (κ3) is 6.26. The number of nitrogens with zero attached hydrogens (tertiary/aromatic N) is 2. The van der Waals surface area contributed by atoms with Crippen molar-refractivity contribution in [3.8, 4) is 5.75 Å². The number of benzene rings is 2. The Morgan fingerprint density at radius 1 is 1.15 bits per heavy atom. The number of hydrogen-bond acceptors (Lipinski definition) is 6. The highest BCUT2D eigenvalue weighted by Crippen LogP contribution is 2.34. The second kappa shape index (κ2) is 11.5. The zero-order valence-electron chi connectivity index (χ0n) is 18.7. The minimum atomic E-state index is -0.525. The topological polar surface area (TPSA) is 71.5 Å². The fourth-order valence-electron chi connectivity index (χ4n) is 4.03. The third-order valence-electron chi connectivity index (χ3n) is 5.82. The molecular formula is C25H29N3O3S2. The highest BCUT2D eigenvalue weighted by molar-refractivity contribution is 7.98. The van der Waals surface area contributed by atoms with Crippen molar-refractivity contribution in [2.75, 3.05) is 31.7 Å². The summed E-state index contributed by atoms with van der Waals surface area (Å²) in [6, 6.07) is 16.9. The van der Waals surface area contributed by atoms with Crippen molar-refractivity contribution in [3.05, 3.63) is 59.6 Å². The Balaban J connectivity index is 1.32. The standard InChI is InChI=1S/C25H29N3O3S2/c1-32-16-13-21(26-23(29)17-31-19-7-3-2-4-8-19)25(30)28-14-11-18(12-15-28)24-27-20-9-5-6-10-22(20)33-24/h2-10,18,21H,11-17H2,1H3,(H,26,29). The van der Waals surface area contributed by atoms with Gasteiger partial charge in [0, 0.05) is 19.0 Å². The van der Waals surface area contributed by atoms with Crippen LogP contribution in [0.1, 0.15) is 30.2 Å². The molecule has 4 rings (SSSR count). The van der Waals surface area contributed by atoms with Crippen LogP contribution in [0.15, 0.2) is 54.6 Å². The Morgan fingerprint density at radius 2 is 1.88 bits per heavy atom. The van der Waals surface area contributed by atoms with E-state index in [2.05, 4.69) is 17.4 Å². The average Bonchev–Trinajstić information content (AvgIpc) is 3.30. The number of para-hydroxylation sites is 2. The molecule has 1 unspecified atom stereocenters.